The van der Waals surface area contributed by atoms with Gasteiger partial charge in [-0.3, -0.25) is 10.2 Å². The van der Waals surface area contributed by atoms with Gasteiger partial charge in [-0.2, -0.15) is 5.10 Å². The smallest absolute Gasteiger partial charge is 0.269 e. The van der Waals surface area contributed by atoms with E-state index in [0.29, 0.717) is 0 Å². The Morgan fingerprint density at radius 3 is 2.73 bits per heavy atom. The number of nitrogens with zero attached hydrogens (tertiary/aromatic N) is 1. The van der Waals surface area contributed by atoms with Crippen LogP contribution in [0.15, 0.2) is 35.4 Å². The van der Waals surface area contributed by atoms with Crippen molar-refractivity contribution in [2.45, 2.75) is 0 Å². The predicted molar refractivity (Wildman–Crippen MR) is 63.0 cm³/mol. The Balaban J connectivity index is 0.00000112. The number of amides is 1. The van der Waals surface area contributed by atoms with E-state index in [4.69, 9.17) is 5.73 Å². The van der Waals surface area contributed by atoms with Crippen LogP contribution in [0.25, 0.3) is 6.08 Å². The summed E-state index contributed by atoms with van der Waals surface area (Å²) in [6, 6.07) is 7.62. The van der Waals surface area contributed by atoms with Crippen molar-refractivity contribution in [1.29, 1.82) is 0 Å². The summed E-state index contributed by atoms with van der Waals surface area (Å²) in [6.07, 6.45) is 3.40. The minimum absolute atomic E-state index is 0. The van der Waals surface area contributed by atoms with Crippen LogP contribution in [0.3, 0.4) is 0 Å². The monoisotopic (exact) mass is 223 g/mol. The topological polar surface area (TPSA) is 67.5 Å². The Morgan fingerprint density at radius 2 is 2.00 bits per heavy atom. The zero-order chi connectivity index (χ0) is 9.97. The number of hydrazone groups is 1. The highest BCUT2D eigenvalue weighted by Crippen LogP contribution is 2.18. The number of carbonyl (C=O) groups is 1. The third-order valence-corrected chi connectivity index (χ3v) is 1.93. The fraction of sp³-hybridized carbons (Fsp3) is 0. The largest absolute Gasteiger partial charge is 0.364 e. The number of rotatable bonds is 1. The van der Waals surface area contributed by atoms with Crippen molar-refractivity contribution >= 4 is 35.8 Å². The standard InChI is InChI=1S/C10H9N3O.ClH/c11-10(14)9-6-5-7-3-1-2-4-8(7)12-13-9;/h1-6,12H,(H2,11,14);1H. The minimum atomic E-state index is -0.540. The fourth-order valence-corrected chi connectivity index (χ4v) is 1.21. The van der Waals surface area contributed by atoms with Gasteiger partial charge in [0.25, 0.3) is 5.91 Å². The van der Waals surface area contributed by atoms with Crippen LogP contribution in [0.5, 0.6) is 0 Å². The maximum atomic E-state index is 10.9. The molecule has 0 fully saturated rings. The van der Waals surface area contributed by atoms with Crippen molar-refractivity contribution in [3.63, 3.8) is 0 Å². The van der Waals surface area contributed by atoms with E-state index in [1.807, 2.05) is 24.3 Å². The van der Waals surface area contributed by atoms with Crippen LogP contribution in [0.2, 0.25) is 0 Å². The van der Waals surface area contributed by atoms with Gasteiger partial charge in [-0.1, -0.05) is 24.3 Å². The lowest BCUT2D eigenvalue weighted by Crippen LogP contribution is -2.21. The Labute approximate surface area is 93.3 Å². The quantitative estimate of drug-likeness (QED) is 0.756. The third kappa shape index (κ3) is 2.35. The van der Waals surface area contributed by atoms with Crippen molar-refractivity contribution < 1.29 is 4.79 Å². The van der Waals surface area contributed by atoms with Crippen molar-refractivity contribution in [2.75, 3.05) is 5.43 Å². The van der Waals surface area contributed by atoms with E-state index >= 15 is 0 Å². The van der Waals surface area contributed by atoms with Gasteiger partial charge >= 0.3 is 0 Å². The molecule has 0 bridgehead atoms. The molecule has 0 aliphatic carbocycles. The lowest BCUT2D eigenvalue weighted by atomic mass is 10.1. The van der Waals surface area contributed by atoms with Gasteiger partial charge in [-0.25, -0.2) is 0 Å². The summed E-state index contributed by atoms with van der Waals surface area (Å²) in [5.41, 5.74) is 9.96. The van der Waals surface area contributed by atoms with Crippen LogP contribution >= 0.6 is 12.4 Å². The number of nitrogens with two attached hydrogens (primary N) is 1. The van der Waals surface area contributed by atoms with E-state index < -0.39 is 5.91 Å². The number of benzene rings is 1. The highest BCUT2D eigenvalue weighted by atomic mass is 35.5. The second-order valence-electron chi connectivity index (χ2n) is 2.89. The first-order valence-electron chi connectivity index (χ1n) is 4.18. The fourth-order valence-electron chi connectivity index (χ4n) is 1.21. The molecule has 0 saturated heterocycles. The highest BCUT2D eigenvalue weighted by Gasteiger charge is 2.07. The van der Waals surface area contributed by atoms with Gasteiger partial charge in [0, 0.05) is 0 Å². The van der Waals surface area contributed by atoms with E-state index in [-0.39, 0.29) is 18.1 Å². The zero-order valence-electron chi connectivity index (χ0n) is 7.81. The summed E-state index contributed by atoms with van der Waals surface area (Å²) >= 11 is 0. The van der Waals surface area contributed by atoms with Gasteiger partial charge in [0.1, 0.15) is 5.71 Å². The van der Waals surface area contributed by atoms with Crippen LogP contribution < -0.4 is 11.2 Å². The van der Waals surface area contributed by atoms with Gasteiger partial charge in [-0.05, 0) is 17.7 Å². The highest BCUT2D eigenvalue weighted by molar-refractivity contribution is 6.43. The maximum absolute atomic E-state index is 10.9. The Hall–Kier alpha value is -1.81. The van der Waals surface area contributed by atoms with E-state index in [9.17, 15) is 4.79 Å². The molecule has 1 aliphatic rings. The number of hydrogen-bond donors (Lipinski definition) is 2. The Morgan fingerprint density at radius 1 is 1.27 bits per heavy atom. The summed E-state index contributed by atoms with van der Waals surface area (Å²) in [5, 5.41) is 3.87. The van der Waals surface area contributed by atoms with Crippen molar-refractivity contribution in [3.05, 3.63) is 35.9 Å². The van der Waals surface area contributed by atoms with E-state index in [2.05, 4.69) is 10.5 Å². The normalized spacial score (nSPS) is 12.7. The van der Waals surface area contributed by atoms with Crippen LogP contribution in [0.4, 0.5) is 5.69 Å². The number of carbonyl (C=O) groups excluding carboxylic acids is 1. The minimum Gasteiger partial charge on any atom is -0.364 e. The molecule has 4 nitrogen and oxygen atoms in total. The molecule has 78 valence electrons. The second-order valence-corrected chi connectivity index (χ2v) is 2.89. The number of para-hydroxylation sites is 1. The molecule has 2 rings (SSSR count). The molecule has 1 aliphatic heterocycles. The van der Waals surface area contributed by atoms with E-state index in [1.165, 1.54) is 0 Å². The van der Waals surface area contributed by atoms with Crippen LogP contribution in [-0.4, -0.2) is 11.6 Å². The van der Waals surface area contributed by atoms with Crippen molar-refractivity contribution in [3.8, 4) is 0 Å². The summed E-state index contributed by atoms with van der Waals surface area (Å²) < 4.78 is 0. The molecular weight excluding hydrogens is 214 g/mol. The number of fused-ring (bicyclic) bond motifs is 1. The molecule has 1 amide bonds. The van der Waals surface area contributed by atoms with E-state index in [1.54, 1.807) is 12.2 Å². The Kier molecular flexibility index (Phi) is 3.46. The first kappa shape index (κ1) is 11.3. The van der Waals surface area contributed by atoms with Crippen LogP contribution in [0, 0.1) is 0 Å². The number of anilines is 1. The summed E-state index contributed by atoms with van der Waals surface area (Å²) in [4.78, 5) is 10.9. The van der Waals surface area contributed by atoms with Crippen LogP contribution in [0.1, 0.15) is 5.56 Å². The molecule has 0 unspecified atom stereocenters. The number of nitrogens with one attached hydrogen (secondary N) is 1. The SMILES string of the molecule is Cl.NC(=O)C1=NNc2ccccc2C=C1. The molecule has 0 radical (unpaired) electrons. The molecule has 0 spiro atoms. The summed E-state index contributed by atoms with van der Waals surface area (Å²) in [6.45, 7) is 0. The van der Waals surface area contributed by atoms with Crippen molar-refractivity contribution in [2.24, 2.45) is 10.8 Å². The van der Waals surface area contributed by atoms with Crippen LogP contribution in [-0.2, 0) is 4.79 Å². The molecule has 5 heteroatoms. The van der Waals surface area contributed by atoms with Gasteiger partial charge in [0.15, 0.2) is 0 Å². The average molecular weight is 224 g/mol. The first-order chi connectivity index (χ1) is 6.77. The van der Waals surface area contributed by atoms with E-state index in [0.717, 1.165) is 11.3 Å². The second kappa shape index (κ2) is 4.61. The third-order valence-electron chi connectivity index (χ3n) is 1.93. The van der Waals surface area contributed by atoms with Gasteiger partial charge < -0.3 is 5.73 Å². The molecule has 15 heavy (non-hydrogen) atoms. The van der Waals surface area contributed by atoms with Gasteiger partial charge in [0.2, 0.25) is 0 Å². The molecule has 1 heterocycles. The lowest BCUT2D eigenvalue weighted by molar-refractivity contribution is -0.111. The number of halogens is 1. The average Bonchev–Trinajstić information content (AvgIpc) is 2.39. The molecule has 0 saturated carbocycles. The maximum Gasteiger partial charge on any atom is 0.269 e. The Bertz CT molecular complexity index is 440. The lowest BCUT2D eigenvalue weighted by Gasteiger charge is -2.01. The number of hydrogen-bond acceptors (Lipinski definition) is 3. The predicted octanol–water partition coefficient (Wildman–Crippen LogP) is 1.39. The molecule has 1 aromatic rings. The summed E-state index contributed by atoms with van der Waals surface area (Å²) in [5.74, 6) is -0.540. The zero-order valence-corrected chi connectivity index (χ0v) is 8.62. The van der Waals surface area contributed by atoms with Gasteiger partial charge in [-0.15, -0.1) is 12.4 Å². The molecular formula is C10H10ClN3O. The molecule has 0 atom stereocenters. The van der Waals surface area contributed by atoms with Crippen molar-refractivity contribution in [1.82, 2.24) is 0 Å². The molecule has 1 aromatic carbocycles. The molecule has 0 aromatic heterocycles. The first-order valence-corrected chi connectivity index (χ1v) is 4.18. The number of primary amides is 1. The van der Waals surface area contributed by atoms with Gasteiger partial charge in [0.05, 0.1) is 5.69 Å². The molecule has 3 N–H and O–H groups in total. The summed E-state index contributed by atoms with van der Waals surface area (Å²) in [7, 11) is 0.